The first kappa shape index (κ1) is 24.7. The molecule has 7 atom stereocenters. The van der Waals surface area contributed by atoms with E-state index in [1.54, 1.807) is 25.0 Å². The van der Waals surface area contributed by atoms with E-state index in [9.17, 15) is 19.2 Å². The number of benzene rings is 1. The average molecular weight is 519 g/mol. The van der Waals surface area contributed by atoms with Gasteiger partial charge in [0.25, 0.3) is 5.91 Å². The molecule has 9 nitrogen and oxygen atoms in total. The summed E-state index contributed by atoms with van der Waals surface area (Å²) in [4.78, 5) is 57.9. The Morgan fingerprint density at radius 1 is 1.21 bits per heavy atom. The number of aromatic nitrogens is 1. The van der Waals surface area contributed by atoms with E-state index in [0.29, 0.717) is 36.9 Å². The number of H-pyrrole nitrogens is 1. The highest BCUT2D eigenvalue weighted by Gasteiger charge is 2.58. The van der Waals surface area contributed by atoms with Crippen LogP contribution in [0, 0.1) is 29.6 Å². The number of nitrogens with zero attached hydrogens (tertiary/aromatic N) is 1. The number of fused-ring (bicyclic) bond motifs is 6. The maximum atomic E-state index is 14.0. The highest BCUT2D eigenvalue weighted by molar-refractivity contribution is 6.02. The van der Waals surface area contributed by atoms with Gasteiger partial charge in [0.1, 0.15) is 17.5 Å². The third-order valence-corrected chi connectivity index (χ3v) is 9.14. The largest absolute Gasteiger partial charge is 0.496 e. The van der Waals surface area contributed by atoms with E-state index in [4.69, 9.17) is 4.74 Å². The normalized spacial score (nSPS) is 29.9. The van der Waals surface area contributed by atoms with Crippen molar-refractivity contribution in [1.29, 1.82) is 0 Å². The van der Waals surface area contributed by atoms with E-state index in [2.05, 4.69) is 27.8 Å². The Kier molecular flexibility index (Phi) is 6.24. The van der Waals surface area contributed by atoms with Crippen LogP contribution in [0.1, 0.15) is 43.1 Å². The van der Waals surface area contributed by atoms with Crippen molar-refractivity contribution in [2.75, 3.05) is 20.2 Å². The number of hydrogen-bond acceptors (Lipinski definition) is 5. The summed E-state index contributed by atoms with van der Waals surface area (Å²) in [6.45, 7) is 2.85. The third-order valence-electron chi connectivity index (χ3n) is 9.14. The lowest BCUT2D eigenvalue weighted by Gasteiger charge is -2.31. The Bertz CT molecular complexity index is 1330. The third kappa shape index (κ3) is 3.99. The first-order chi connectivity index (χ1) is 18.4. The number of rotatable bonds is 8. The van der Waals surface area contributed by atoms with E-state index in [1.165, 1.54) is 0 Å². The van der Waals surface area contributed by atoms with Crippen molar-refractivity contribution in [3.8, 4) is 5.75 Å². The number of aromatic amines is 1. The molecule has 2 bridgehead atoms. The molecule has 2 saturated heterocycles. The Hall–Kier alpha value is -3.62. The number of likely N-dealkylation sites (tertiary alicyclic amines) is 1. The van der Waals surface area contributed by atoms with Crippen LogP contribution in [-0.4, -0.2) is 65.7 Å². The van der Waals surface area contributed by atoms with Crippen LogP contribution in [0.3, 0.4) is 0 Å². The molecular weight excluding hydrogens is 484 g/mol. The molecular formula is C29H34N4O5. The van der Waals surface area contributed by atoms with Crippen molar-refractivity contribution < 1.29 is 23.9 Å². The molecule has 4 aliphatic rings. The molecule has 9 heteroatoms. The number of nitrogens with one attached hydrogen (secondary N) is 3. The molecule has 6 rings (SSSR count). The Labute approximate surface area is 221 Å². The van der Waals surface area contributed by atoms with Crippen LogP contribution < -0.4 is 15.4 Å². The maximum absolute atomic E-state index is 14.0. The van der Waals surface area contributed by atoms with Gasteiger partial charge in [0.05, 0.1) is 13.2 Å². The minimum Gasteiger partial charge on any atom is -0.496 e. The summed E-state index contributed by atoms with van der Waals surface area (Å²) in [6, 6.07) is 5.96. The molecule has 3 N–H and O–H groups in total. The summed E-state index contributed by atoms with van der Waals surface area (Å²) in [5.41, 5.74) is 1.20. The zero-order chi connectivity index (χ0) is 26.6. The number of hydrogen-bond donors (Lipinski definition) is 3. The van der Waals surface area contributed by atoms with Crippen molar-refractivity contribution in [3.63, 3.8) is 0 Å². The Balaban J connectivity index is 1.29. The molecule has 0 spiro atoms. The summed E-state index contributed by atoms with van der Waals surface area (Å²) in [7, 11) is 1.59. The molecule has 38 heavy (non-hydrogen) atoms. The summed E-state index contributed by atoms with van der Waals surface area (Å²) >= 11 is 0. The zero-order valence-corrected chi connectivity index (χ0v) is 21.7. The van der Waals surface area contributed by atoms with Gasteiger partial charge in [-0.15, -0.1) is 0 Å². The van der Waals surface area contributed by atoms with Crippen molar-refractivity contribution in [2.45, 2.75) is 44.7 Å². The molecule has 200 valence electrons. The van der Waals surface area contributed by atoms with Crippen LogP contribution in [0.4, 0.5) is 0 Å². The van der Waals surface area contributed by atoms with Gasteiger partial charge in [-0.1, -0.05) is 25.1 Å². The molecule has 2 aliphatic heterocycles. The van der Waals surface area contributed by atoms with Crippen LogP contribution >= 0.6 is 0 Å². The average Bonchev–Trinajstić information content (AvgIpc) is 3.74. The second-order valence-corrected chi connectivity index (χ2v) is 11.1. The van der Waals surface area contributed by atoms with E-state index < -0.39 is 12.1 Å². The SMILES string of the molecule is CCC(=O)C(CC1CCNC1=O)NC(=O)C1C2C3C=CC(C3)C2CN1C(=O)c1cc2c(OC)cccc2[nH]1. The van der Waals surface area contributed by atoms with Gasteiger partial charge in [-0.2, -0.15) is 0 Å². The van der Waals surface area contributed by atoms with Crippen LogP contribution in [0.5, 0.6) is 5.75 Å². The predicted molar refractivity (Wildman–Crippen MR) is 140 cm³/mol. The van der Waals surface area contributed by atoms with Gasteiger partial charge in [0.2, 0.25) is 11.8 Å². The van der Waals surface area contributed by atoms with Gasteiger partial charge < -0.3 is 25.3 Å². The molecule has 3 amide bonds. The molecule has 3 fully saturated rings. The smallest absolute Gasteiger partial charge is 0.271 e. The highest BCUT2D eigenvalue weighted by Crippen LogP contribution is 2.54. The van der Waals surface area contributed by atoms with Gasteiger partial charge in [-0.05, 0) is 61.1 Å². The minimum atomic E-state index is -0.746. The molecule has 1 aromatic carbocycles. The van der Waals surface area contributed by atoms with Gasteiger partial charge in [-0.3, -0.25) is 19.2 Å². The molecule has 3 heterocycles. The van der Waals surface area contributed by atoms with Crippen LogP contribution in [-0.2, 0) is 14.4 Å². The van der Waals surface area contributed by atoms with E-state index in [0.717, 1.165) is 17.3 Å². The van der Waals surface area contributed by atoms with E-state index in [1.807, 2.05) is 18.2 Å². The highest BCUT2D eigenvalue weighted by atomic mass is 16.5. The Morgan fingerprint density at radius 3 is 2.76 bits per heavy atom. The van der Waals surface area contributed by atoms with Crippen molar-refractivity contribution in [2.24, 2.45) is 29.6 Å². The number of ketones is 1. The second-order valence-electron chi connectivity index (χ2n) is 11.1. The number of allylic oxidation sites excluding steroid dienone is 2. The van der Waals surface area contributed by atoms with Crippen LogP contribution in [0.25, 0.3) is 10.9 Å². The lowest BCUT2D eigenvalue weighted by atomic mass is 9.81. The summed E-state index contributed by atoms with van der Waals surface area (Å²) < 4.78 is 5.46. The quantitative estimate of drug-likeness (QED) is 0.464. The standard InChI is InChI=1S/C29H34N4O5/c1-3-23(34)21(12-17-9-10-30-27(17)35)32-28(36)26-25-16-8-7-15(11-16)19(25)14-33(26)29(37)22-13-18-20(31-22)5-4-6-24(18)38-2/h4-8,13,15-17,19,21,25-26,31H,3,9-12,14H2,1-2H3,(H,30,35)(H,32,36). The van der Waals surface area contributed by atoms with Crippen molar-refractivity contribution in [1.82, 2.24) is 20.5 Å². The number of amides is 3. The fourth-order valence-corrected chi connectivity index (χ4v) is 7.27. The number of Topliss-reactive ketones (excluding diaryl/α,β-unsaturated/α-hetero) is 1. The molecule has 0 radical (unpaired) electrons. The van der Waals surface area contributed by atoms with Gasteiger partial charge in [0.15, 0.2) is 5.78 Å². The van der Waals surface area contributed by atoms with Crippen LogP contribution in [0.15, 0.2) is 36.4 Å². The number of carbonyl (C=O) groups is 4. The van der Waals surface area contributed by atoms with Gasteiger partial charge in [0, 0.05) is 36.3 Å². The molecule has 2 aromatic rings. The topological polar surface area (TPSA) is 121 Å². The predicted octanol–water partition coefficient (Wildman–Crippen LogP) is 2.43. The first-order valence-corrected chi connectivity index (χ1v) is 13.7. The van der Waals surface area contributed by atoms with Gasteiger partial charge >= 0.3 is 0 Å². The van der Waals surface area contributed by atoms with E-state index >= 15 is 0 Å². The lowest BCUT2D eigenvalue weighted by Crippen LogP contribution is -2.54. The number of methoxy groups -OCH3 is 1. The fourth-order valence-electron chi connectivity index (χ4n) is 7.27. The monoisotopic (exact) mass is 518 g/mol. The summed E-state index contributed by atoms with van der Waals surface area (Å²) in [5, 5.41) is 6.62. The number of carbonyl (C=O) groups excluding carboxylic acids is 4. The molecule has 1 saturated carbocycles. The summed E-state index contributed by atoms with van der Waals surface area (Å²) in [5.74, 6) is 0.500. The first-order valence-electron chi connectivity index (χ1n) is 13.7. The lowest BCUT2D eigenvalue weighted by molar-refractivity contribution is -0.132. The minimum absolute atomic E-state index is 0.0139. The second kappa shape index (κ2) is 9.60. The number of ether oxygens (including phenoxy) is 1. The maximum Gasteiger partial charge on any atom is 0.271 e. The Morgan fingerprint density at radius 2 is 2.03 bits per heavy atom. The van der Waals surface area contributed by atoms with Crippen LogP contribution in [0.2, 0.25) is 0 Å². The van der Waals surface area contributed by atoms with Gasteiger partial charge in [-0.25, -0.2) is 0 Å². The fraction of sp³-hybridized carbons (Fsp3) is 0.517. The van der Waals surface area contributed by atoms with Crippen molar-refractivity contribution in [3.05, 3.63) is 42.1 Å². The zero-order valence-electron chi connectivity index (χ0n) is 21.7. The summed E-state index contributed by atoms with van der Waals surface area (Å²) in [6.07, 6.45) is 6.62. The van der Waals surface area contributed by atoms with Crippen molar-refractivity contribution >= 4 is 34.4 Å². The molecule has 7 unspecified atom stereocenters. The van der Waals surface area contributed by atoms with E-state index in [-0.39, 0.29) is 60.0 Å². The molecule has 1 aromatic heterocycles. The molecule has 2 aliphatic carbocycles.